The Bertz CT molecular complexity index is 345. The maximum absolute atomic E-state index is 9.67. The lowest BCUT2D eigenvalue weighted by Crippen LogP contribution is -2.25. The van der Waals surface area contributed by atoms with Gasteiger partial charge in [-0.05, 0) is 50.3 Å². The fourth-order valence-electron chi connectivity index (χ4n) is 2.26. The maximum atomic E-state index is 9.67. The molecule has 3 atom stereocenters. The number of hydrogen-bond acceptors (Lipinski definition) is 3. The number of hydrogen-bond donors (Lipinski definition) is 2. The molecule has 0 radical (unpaired) electrons. The molecule has 0 aliphatic heterocycles. The van der Waals surface area contributed by atoms with Crippen LogP contribution in [-0.2, 0) is 6.42 Å². The van der Waals surface area contributed by atoms with Crippen LogP contribution < -0.4 is 4.74 Å². The van der Waals surface area contributed by atoms with Gasteiger partial charge in [-0.3, -0.25) is 0 Å². The third-order valence-electron chi connectivity index (χ3n) is 3.16. The van der Waals surface area contributed by atoms with Crippen LogP contribution in [0.2, 0.25) is 0 Å². The Morgan fingerprint density at radius 1 is 1.29 bits per heavy atom. The van der Waals surface area contributed by atoms with Gasteiger partial charge in [0.2, 0.25) is 0 Å². The molecule has 0 aromatic heterocycles. The third kappa shape index (κ3) is 3.45. The van der Waals surface area contributed by atoms with Gasteiger partial charge in [-0.15, -0.1) is 0 Å². The van der Waals surface area contributed by atoms with Crippen molar-refractivity contribution in [2.75, 3.05) is 0 Å². The minimum atomic E-state index is -0.327. The summed E-state index contributed by atoms with van der Waals surface area (Å²) in [4.78, 5) is 0. The highest BCUT2D eigenvalue weighted by Crippen LogP contribution is 2.24. The van der Waals surface area contributed by atoms with Gasteiger partial charge in [-0.25, -0.2) is 0 Å². The van der Waals surface area contributed by atoms with Crippen molar-refractivity contribution in [3.05, 3.63) is 29.8 Å². The van der Waals surface area contributed by atoms with E-state index in [0.29, 0.717) is 6.42 Å². The largest absolute Gasteiger partial charge is 0.488 e. The zero-order valence-corrected chi connectivity index (χ0v) is 10.2. The highest BCUT2D eigenvalue weighted by molar-refractivity contribution is 5.28. The number of benzene rings is 1. The summed E-state index contributed by atoms with van der Waals surface area (Å²) in [5.74, 6) is 0.797. The van der Waals surface area contributed by atoms with Crippen molar-refractivity contribution < 1.29 is 14.9 Å². The van der Waals surface area contributed by atoms with Crippen LogP contribution in [0.5, 0.6) is 5.75 Å². The minimum absolute atomic E-state index is 0.0578. The second-order valence-electron chi connectivity index (χ2n) is 4.85. The van der Waals surface area contributed by atoms with E-state index in [2.05, 4.69) is 0 Å². The highest BCUT2D eigenvalue weighted by Gasteiger charge is 2.26. The predicted molar refractivity (Wildman–Crippen MR) is 66.1 cm³/mol. The molecule has 3 heteroatoms. The molecule has 0 amide bonds. The van der Waals surface area contributed by atoms with Gasteiger partial charge in [-0.1, -0.05) is 12.1 Å². The lowest BCUT2D eigenvalue weighted by Gasteiger charge is -2.17. The van der Waals surface area contributed by atoms with Crippen LogP contribution in [0, 0.1) is 0 Å². The van der Waals surface area contributed by atoms with Gasteiger partial charge in [-0.2, -0.15) is 0 Å². The molecular weight excluding hydrogens is 216 g/mol. The molecule has 2 N–H and O–H groups in total. The van der Waals surface area contributed by atoms with Gasteiger partial charge in [0.05, 0.1) is 12.2 Å². The lowest BCUT2D eigenvalue weighted by atomic mass is 10.1. The summed E-state index contributed by atoms with van der Waals surface area (Å²) in [6.45, 7) is 1.78. The normalized spacial score (nSPS) is 25.8. The first-order valence-electron chi connectivity index (χ1n) is 6.27. The van der Waals surface area contributed by atoms with Crippen LogP contribution in [0.25, 0.3) is 0 Å². The van der Waals surface area contributed by atoms with Crippen molar-refractivity contribution in [3.8, 4) is 5.75 Å². The van der Waals surface area contributed by atoms with Gasteiger partial charge < -0.3 is 14.9 Å². The van der Waals surface area contributed by atoms with Crippen LogP contribution in [-0.4, -0.2) is 28.5 Å². The topological polar surface area (TPSA) is 49.7 Å². The first-order valence-corrected chi connectivity index (χ1v) is 6.27. The summed E-state index contributed by atoms with van der Waals surface area (Å²) in [6, 6.07) is 7.73. The molecule has 0 spiro atoms. The van der Waals surface area contributed by atoms with Crippen molar-refractivity contribution in [2.45, 2.75) is 50.9 Å². The van der Waals surface area contributed by atoms with E-state index in [1.165, 1.54) is 0 Å². The van der Waals surface area contributed by atoms with E-state index in [-0.39, 0.29) is 18.3 Å². The Labute approximate surface area is 102 Å². The van der Waals surface area contributed by atoms with Gasteiger partial charge >= 0.3 is 0 Å². The quantitative estimate of drug-likeness (QED) is 0.839. The van der Waals surface area contributed by atoms with Gasteiger partial charge in [0, 0.05) is 0 Å². The molecule has 1 aliphatic rings. The standard InChI is InChI=1S/C14H20O3/c1-10(15)9-11-5-7-12(8-6-11)17-14-4-2-3-13(14)16/h5-8,10,13-16H,2-4,9H2,1H3. The SMILES string of the molecule is CC(O)Cc1ccc(OC2CCCC2O)cc1. The van der Waals surface area contributed by atoms with Crippen molar-refractivity contribution in [2.24, 2.45) is 0 Å². The molecule has 1 saturated carbocycles. The van der Waals surface area contributed by atoms with Crippen LogP contribution in [0.3, 0.4) is 0 Å². The van der Waals surface area contributed by atoms with E-state index in [4.69, 9.17) is 4.74 Å². The monoisotopic (exact) mass is 236 g/mol. The molecule has 3 nitrogen and oxygen atoms in total. The Morgan fingerprint density at radius 2 is 2.00 bits per heavy atom. The Balaban J connectivity index is 1.93. The molecule has 1 aliphatic carbocycles. The lowest BCUT2D eigenvalue weighted by molar-refractivity contribution is 0.0604. The first-order chi connectivity index (χ1) is 8.15. The van der Waals surface area contributed by atoms with E-state index in [1.54, 1.807) is 6.92 Å². The summed E-state index contributed by atoms with van der Waals surface area (Å²) in [6.07, 6.45) is 2.75. The summed E-state index contributed by atoms with van der Waals surface area (Å²) in [5.41, 5.74) is 1.10. The van der Waals surface area contributed by atoms with E-state index < -0.39 is 0 Å². The third-order valence-corrected chi connectivity index (χ3v) is 3.16. The smallest absolute Gasteiger partial charge is 0.124 e. The van der Waals surface area contributed by atoms with E-state index in [1.807, 2.05) is 24.3 Å². The fraction of sp³-hybridized carbons (Fsp3) is 0.571. The first kappa shape index (κ1) is 12.4. The molecule has 1 aromatic rings. The Morgan fingerprint density at radius 3 is 2.53 bits per heavy atom. The summed E-state index contributed by atoms with van der Waals surface area (Å²) in [5, 5.41) is 18.9. The van der Waals surface area contributed by atoms with Crippen molar-refractivity contribution in [3.63, 3.8) is 0 Å². The summed E-state index contributed by atoms with van der Waals surface area (Å²) in [7, 11) is 0. The second kappa shape index (κ2) is 5.52. The summed E-state index contributed by atoms with van der Waals surface area (Å²) < 4.78 is 5.74. The molecule has 94 valence electrons. The van der Waals surface area contributed by atoms with Gasteiger partial charge in [0.25, 0.3) is 0 Å². The Kier molecular flexibility index (Phi) is 4.02. The molecule has 0 bridgehead atoms. The van der Waals surface area contributed by atoms with Crippen LogP contribution in [0.4, 0.5) is 0 Å². The molecule has 17 heavy (non-hydrogen) atoms. The number of aliphatic hydroxyl groups is 2. The van der Waals surface area contributed by atoms with E-state index >= 15 is 0 Å². The number of aliphatic hydroxyl groups excluding tert-OH is 2. The van der Waals surface area contributed by atoms with Crippen molar-refractivity contribution in [1.82, 2.24) is 0 Å². The molecule has 0 heterocycles. The predicted octanol–water partition coefficient (Wildman–Crippen LogP) is 1.90. The van der Waals surface area contributed by atoms with Crippen LogP contribution >= 0.6 is 0 Å². The number of ether oxygens (including phenoxy) is 1. The maximum Gasteiger partial charge on any atom is 0.124 e. The Hall–Kier alpha value is -1.06. The average molecular weight is 236 g/mol. The summed E-state index contributed by atoms with van der Waals surface area (Å²) >= 11 is 0. The van der Waals surface area contributed by atoms with Crippen molar-refractivity contribution >= 4 is 0 Å². The molecule has 2 rings (SSSR count). The second-order valence-corrected chi connectivity index (χ2v) is 4.85. The minimum Gasteiger partial charge on any atom is -0.488 e. The molecule has 1 fully saturated rings. The van der Waals surface area contributed by atoms with Gasteiger partial charge in [0.1, 0.15) is 11.9 Å². The van der Waals surface area contributed by atoms with Crippen molar-refractivity contribution in [1.29, 1.82) is 0 Å². The molecular formula is C14H20O3. The van der Waals surface area contributed by atoms with E-state index in [9.17, 15) is 10.2 Å². The molecule has 0 saturated heterocycles. The van der Waals surface area contributed by atoms with Crippen LogP contribution in [0.1, 0.15) is 31.7 Å². The van der Waals surface area contributed by atoms with E-state index in [0.717, 1.165) is 30.6 Å². The number of rotatable bonds is 4. The zero-order chi connectivity index (χ0) is 12.3. The van der Waals surface area contributed by atoms with Gasteiger partial charge in [0.15, 0.2) is 0 Å². The zero-order valence-electron chi connectivity index (χ0n) is 10.2. The average Bonchev–Trinajstić information content (AvgIpc) is 2.67. The molecule has 3 unspecified atom stereocenters. The van der Waals surface area contributed by atoms with Crippen LogP contribution in [0.15, 0.2) is 24.3 Å². The molecule has 1 aromatic carbocycles. The fourth-order valence-corrected chi connectivity index (χ4v) is 2.26. The highest BCUT2D eigenvalue weighted by atomic mass is 16.5.